The van der Waals surface area contributed by atoms with Crippen LogP contribution in [0.1, 0.15) is 16.7 Å². The van der Waals surface area contributed by atoms with Gasteiger partial charge in [-0.15, -0.1) is 0 Å². The molecule has 0 unspecified atom stereocenters. The summed E-state index contributed by atoms with van der Waals surface area (Å²) in [5.74, 6) is 2.40. The van der Waals surface area contributed by atoms with Crippen molar-refractivity contribution in [2.75, 3.05) is 7.11 Å². The van der Waals surface area contributed by atoms with Gasteiger partial charge < -0.3 is 15.2 Å². The van der Waals surface area contributed by atoms with Crippen LogP contribution in [0.25, 0.3) is 0 Å². The lowest BCUT2D eigenvalue weighted by Gasteiger charge is -2.37. The Labute approximate surface area is 135 Å². The van der Waals surface area contributed by atoms with Crippen molar-refractivity contribution in [1.29, 1.82) is 0 Å². The van der Waals surface area contributed by atoms with E-state index in [1.54, 1.807) is 7.11 Å². The highest BCUT2D eigenvalue weighted by Gasteiger charge is 2.40. The van der Waals surface area contributed by atoms with E-state index in [1.165, 1.54) is 0 Å². The minimum atomic E-state index is -0.752. The van der Waals surface area contributed by atoms with Crippen LogP contribution >= 0.6 is 0 Å². The summed E-state index contributed by atoms with van der Waals surface area (Å²) in [6, 6.07) is 23.7. The quantitative estimate of drug-likeness (QED) is 0.776. The molecule has 3 nitrogen and oxygen atoms in total. The molecule has 0 saturated carbocycles. The number of methoxy groups -OCH3 is 1. The summed E-state index contributed by atoms with van der Waals surface area (Å²) in [5.41, 5.74) is 9.15. The Morgan fingerprint density at radius 1 is 0.783 bits per heavy atom. The van der Waals surface area contributed by atoms with Gasteiger partial charge in [-0.3, -0.25) is 0 Å². The van der Waals surface area contributed by atoms with Gasteiger partial charge in [0.1, 0.15) is 17.2 Å². The largest absolute Gasteiger partial charge is 0.497 e. The topological polar surface area (TPSA) is 44.5 Å². The minimum absolute atomic E-state index is 0.752. The number of hydrogen-bond donors (Lipinski definition) is 1. The molecule has 0 bridgehead atoms. The van der Waals surface area contributed by atoms with Crippen molar-refractivity contribution in [2.24, 2.45) is 5.73 Å². The van der Waals surface area contributed by atoms with E-state index in [0.29, 0.717) is 0 Å². The maximum absolute atomic E-state index is 6.97. The van der Waals surface area contributed by atoms with Gasteiger partial charge in [0.05, 0.1) is 12.6 Å². The second kappa shape index (κ2) is 5.14. The summed E-state index contributed by atoms with van der Waals surface area (Å²) < 4.78 is 11.3. The highest BCUT2D eigenvalue weighted by molar-refractivity contribution is 5.62. The van der Waals surface area contributed by atoms with Crippen LogP contribution < -0.4 is 15.2 Å². The standard InChI is InChI=1S/C20H17NO2/c1-22-15-12-10-14(11-13-15)20(21)16-6-2-4-8-18(16)23-19-9-5-3-7-17(19)20/h2-13H,21H2,1H3. The Hall–Kier alpha value is -2.78. The molecule has 0 aliphatic carbocycles. The second-order valence-electron chi connectivity index (χ2n) is 5.63. The number of para-hydroxylation sites is 2. The number of nitrogens with two attached hydrogens (primary N) is 1. The Morgan fingerprint density at radius 2 is 1.30 bits per heavy atom. The SMILES string of the molecule is COc1ccc(C2(N)c3ccccc3Oc3ccccc32)cc1. The lowest BCUT2D eigenvalue weighted by atomic mass is 9.76. The third-order valence-electron chi connectivity index (χ3n) is 4.39. The molecule has 3 heteroatoms. The Balaban J connectivity index is 1.98. The molecule has 0 amide bonds. The van der Waals surface area contributed by atoms with E-state index in [4.69, 9.17) is 15.2 Å². The molecule has 0 fully saturated rings. The first-order valence-electron chi connectivity index (χ1n) is 7.54. The molecular formula is C20H17NO2. The lowest BCUT2D eigenvalue weighted by molar-refractivity contribution is 0.412. The number of hydrogen-bond acceptors (Lipinski definition) is 3. The summed E-state index contributed by atoms with van der Waals surface area (Å²) in [4.78, 5) is 0. The van der Waals surface area contributed by atoms with Crippen molar-refractivity contribution < 1.29 is 9.47 Å². The first-order chi connectivity index (χ1) is 11.2. The van der Waals surface area contributed by atoms with E-state index in [9.17, 15) is 0 Å². The maximum atomic E-state index is 6.97. The monoisotopic (exact) mass is 303 g/mol. The lowest BCUT2D eigenvalue weighted by Crippen LogP contribution is -2.41. The third kappa shape index (κ3) is 2.01. The molecule has 4 rings (SSSR count). The van der Waals surface area contributed by atoms with Crippen LogP contribution in [-0.2, 0) is 5.54 Å². The van der Waals surface area contributed by atoms with Gasteiger partial charge in [0.15, 0.2) is 0 Å². The molecule has 3 aromatic carbocycles. The molecule has 0 radical (unpaired) electrons. The zero-order chi connectivity index (χ0) is 15.9. The molecule has 0 saturated heterocycles. The fraction of sp³-hybridized carbons (Fsp3) is 0.100. The van der Waals surface area contributed by atoms with Gasteiger partial charge in [0.2, 0.25) is 0 Å². The summed E-state index contributed by atoms with van der Waals surface area (Å²) in [5, 5.41) is 0. The fourth-order valence-corrected chi connectivity index (χ4v) is 3.19. The number of ether oxygens (including phenoxy) is 2. The van der Waals surface area contributed by atoms with Crippen LogP contribution in [-0.4, -0.2) is 7.11 Å². The molecular weight excluding hydrogens is 286 g/mol. The van der Waals surface area contributed by atoms with Crippen molar-refractivity contribution in [2.45, 2.75) is 5.54 Å². The zero-order valence-electron chi connectivity index (χ0n) is 12.8. The Morgan fingerprint density at radius 3 is 1.83 bits per heavy atom. The summed E-state index contributed by atoms with van der Waals surface area (Å²) >= 11 is 0. The molecule has 1 aliphatic heterocycles. The van der Waals surface area contributed by atoms with Gasteiger partial charge in [-0.2, -0.15) is 0 Å². The first-order valence-corrected chi connectivity index (χ1v) is 7.54. The van der Waals surface area contributed by atoms with Crippen molar-refractivity contribution in [1.82, 2.24) is 0 Å². The smallest absolute Gasteiger partial charge is 0.133 e. The van der Waals surface area contributed by atoms with Crippen LogP contribution in [0.2, 0.25) is 0 Å². The minimum Gasteiger partial charge on any atom is -0.497 e. The van der Waals surface area contributed by atoms with E-state index in [2.05, 4.69) is 0 Å². The van der Waals surface area contributed by atoms with Crippen molar-refractivity contribution in [3.63, 3.8) is 0 Å². The fourth-order valence-electron chi connectivity index (χ4n) is 3.19. The predicted octanol–water partition coefficient (Wildman–Crippen LogP) is 4.05. The van der Waals surface area contributed by atoms with Crippen LogP contribution in [0.5, 0.6) is 17.2 Å². The third-order valence-corrected chi connectivity index (χ3v) is 4.39. The molecule has 3 aromatic rings. The predicted molar refractivity (Wildman–Crippen MR) is 90.0 cm³/mol. The van der Waals surface area contributed by atoms with Gasteiger partial charge in [-0.1, -0.05) is 48.5 Å². The molecule has 1 aliphatic rings. The molecule has 1 heterocycles. The van der Waals surface area contributed by atoms with E-state index < -0.39 is 5.54 Å². The Kier molecular flexibility index (Phi) is 3.10. The molecule has 23 heavy (non-hydrogen) atoms. The summed E-state index contributed by atoms with van der Waals surface area (Å²) in [6.45, 7) is 0. The average molecular weight is 303 g/mol. The first kappa shape index (κ1) is 13.9. The van der Waals surface area contributed by atoms with Crippen molar-refractivity contribution >= 4 is 0 Å². The van der Waals surface area contributed by atoms with Gasteiger partial charge in [0.25, 0.3) is 0 Å². The van der Waals surface area contributed by atoms with Gasteiger partial charge in [-0.05, 0) is 29.8 Å². The normalized spacial score (nSPS) is 14.3. The van der Waals surface area contributed by atoms with Gasteiger partial charge in [0, 0.05) is 11.1 Å². The van der Waals surface area contributed by atoms with E-state index in [0.717, 1.165) is 33.9 Å². The number of fused-ring (bicyclic) bond motifs is 2. The van der Waals surface area contributed by atoms with Gasteiger partial charge in [-0.25, -0.2) is 0 Å². The maximum Gasteiger partial charge on any atom is 0.133 e. The molecule has 0 spiro atoms. The van der Waals surface area contributed by atoms with Crippen LogP contribution in [0.4, 0.5) is 0 Å². The zero-order valence-corrected chi connectivity index (χ0v) is 12.8. The van der Waals surface area contributed by atoms with Crippen LogP contribution in [0, 0.1) is 0 Å². The molecule has 0 aromatic heterocycles. The molecule has 2 N–H and O–H groups in total. The molecule has 0 atom stereocenters. The summed E-state index contributed by atoms with van der Waals surface area (Å²) in [7, 11) is 1.66. The van der Waals surface area contributed by atoms with Gasteiger partial charge >= 0.3 is 0 Å². The highest BCUT2D eigenvalue weighted by atomic mass is 16.5. The van der Waals surface area contributed by atoms with Crippen molar-refractivity contribution in [3.8, 4) is 17.2 Å². The van der Waals surface area contributed by atoms with E-state index >= 15 is 0 Å². The highest BCUT2D eigenvalue weighted by Crippen LogP contribution is 2.48. The van der Waals surface area contributed by atoms with E-state index in [1.807, 2.05) is 72.8 Å². The molecule has 114 valence electrons. The van der Waals surface area contributed by atoms with Crippen LogP contribution in [0.3, 0.4) is 0 Å². The average Bonchev–Trinajstić information content (AvgIpc) is 2.62. The number of rotatable bonds is 2. The Bertz CT molecular complexity index is 810. The number of benzene rings is 3. The van der Waals surface area contributed by atoms with Crippen molar-refractivity contribution in [3.05, 3.63) is 89.5 Å². The van der Waals surface area contributed by atoms with E-state index in [-0.39, 0.29) is 0 Å². The summed E-state index contributed by atoms with van der Waals surface area (Å²) in [6.07, 6.45) is 0. The van der Waals surface area contributed by atoms with Crippen LogP contribution in [0.15, 0.2) is 72.8 Å². The second-order valence-corrected chi connectivity index (χ2v) is 5.63.